The molecule has 0 spiro atoms. The van der Waals surface area contributed by atoms with Crippen molar-refractivity contribution in [2.75, 3.05) is 30.8 Å². The monoisotopic (exact) mass is 387 g/mol. The maximum absolute atomic E-state index is 11.4. The van der Waals surface area contributed by atoms with Gasteiger partial charge in [0.25, 0.3) is 0 Å². The fraction of sp³-hybridized carbons (Fsp3) is 0.389. The summed E-state index contributed by atoms with van der Waals surface area (Å²) in [5, 5.41) is 0.963. The van der Waals surface area contributed by atoms with E-state index in [2.05, 4.69) is 24.6 Å². The van der Waals surface area contributed by atoms with Gasteiger partial charge in [0.2, 0.25) is 15.9 Å². The van der Waals surface area contributed by atoms with E-state index >= 15 is 0 Å². The highest BCUT2D eigenvalue weighted by atomic mass is 32.2. The van der Waals surface area contributed by atoms with Crippen molar-refractivity contribution in [1.82, 2.24) is 19.7 Å². The molecule has 142 valence electrons. The summed E-state index contributed by atoms with van der Waals surface area (Å²) >= 11 is 0. The van der Waals surface area contributed by atoms with Crippen molar-refractivity contribution in [3.05, 3.63) is 37.0 Å². The van der Waals surface area contributed by atoms with Gasteiger partial charge >= 0.3 is 0 Å². The van der Waals surface area contributed by atoms with Crippen molar-refractivity contribution >= 4 is 26.7 Å². The van der Waals surface area contributed by atoms with Gasteiger partial charge in [0.1, 0.15) is 18.4 Å². The molecule has 0 amide bonds. The molecular weight excluding hydrogens is 366 g/mol. The lowest BCUT2D eigenvalue weighted by molar-refractivity contribution is 0.410. The van der Waals surface area contributed by atoms with Crippen molar-refractivity contribution in [1.29, 1.82) is 0 Å². The second-order valence-corrected chi connectivity index (χ2v) is 8.67. The molecule has 1 aromatic carbocycles. The van der Waals surface area contributed by atoms with Crippen LogP contribution in [0.3, 0.4) is 0 Å². The van der Waals surface area contributed by atoms with Gasteiger partial charge in [0.15, 0.2) is 0 Å². The van der Waals surface area contributed by atoms with Gasteiger partial charge in [-0.2, -0.15) is 0 Å². The van der Waals surface area contributed by atoms with Crippen LogP contribution in [-0.4, -0.2) is 49.3 Å². The van der Waals surface area contributed by atoms with Gasteiger partial charge in [-0.1, -0.05) is 0 Å². The third kappa shape index (κ3) is 4.09. The van der Waals surface area contributed by atoms with Crippen molar-refractivity contribution in [3.8, 4) is 11.5 Å². The maximum atomic E-state index is 11.4. The first-order valence-corrected chi connectivity index (χ1v) is 10.7. The Bertz CT molecular complexity index is 1040. The molecule has 27 heavy (non-hydrogen) atoms. The number of piperidine rings is 1. The Kier molecular flexibility index (Phi) is 4.79. The molecule has 1 N–H and O–H groups in total. The van der Waals surface area contributed by atoms with Crippen molar-refractivity contribution < 1.29 is 12.8 Å². The number of anilines is 1. The predicted octanol–water partition coefficient (Wildman–Crippen LogP) is 2.05. The Hall–Kier alpha value is -2.52. The van der Waals surface area contributed by atoms with Gasteiger partial charge in [-0.3, -0.25) is 0 Å². The summed E-state index contributed by atoms with van der Waals surface area (Å²) in [5.74, 6) is 1.69. The molecule has 1 fully saturated rings. The molecule has 8 nitrogen and oxygen atoms in total. The van der Waals surface area contributed by atoms with Crippen LogP contribution >= 0.6 is 0 Å². The largest absolute Gasteiger partial charge is 0.445 e. The zero-order valence-electron chi connectivity index (χ0n) is 15.0. The van der Waals surface area contributed by atoms with Gasteiger partial charge in [-0.15, -0.1) is 0 Å². The van der Waals surface area contributed by atoms with Gasteiger partial charge in [0, 0.05) is 30.6 Å². The molecule has 1 unspecified atom stereocenters. The van der Waals surface area contributed by atoms with Crippen LogP contribution in [-0.2, 0) is 10.0 Å². The molecule has 2 aromatic heterocycles. The summed E-state index contributed by atoms with van der Waals surface area (Å²) in [5.41, 5.74) is 1.69. The number of aromatic nitrogens is 3. The van der Waals surface area contributed by atoms with E-state index in [4.69, 9.17) is 4.42 Å². The Morgan fingerprint density at radius 2 is 2.19 bits per heavy atom. The number of hydrogen-bond acceptors (Lipinski definition) is 7. The summed E-state index contributed by atoms with van der Waals surface area (Å²) in [7, 11) is -3.18. The molecule has 4 rings (SSSR count). The minimum atomic E-state index is -3.18. The summed E-state index contributed by atoms with van der Waals surface area (Å²) in [4.78, 5) is 15.3. The number of sulfonamides is 1. The van der Waals surface area contributed by atoms with E-state index in [1.165, 1.54) is 6.26 Å². The minimum Gasteiger partial charge on any atom is -0.445 e. The van der Waals surface area contributed by atoms with Gasteiger partial charge in [-0.05, 0) is 37.0 Å². The molecule has 0 radical (unpaired) electrons. The van der Waals surface area contributed by atoms with Crippen LogP contribution in [0.1, 0.15) is 12.8 Å². The molecule has 3 heterocycles. The number of nitrogens with one attached hydrogen (secondary N) is 1. The van der Waals surface area contributed by atoms with E-state index in [1.807, 2.05) is 18.2 Å². The Morgan fingerprint density at radius 3 is 2.96 bits per heavy atom. The smallest absolute Gasteiger partial charge is 0.225 e. The first-order chi connectivity index (χ1) is 13.0. The van der Waals surface area contributed by atoms with Crippen LogP contribution < -0.4 is 9.62 Å². The van der Waals surface area contributed by atoms with Crippen molar-refractivity contribution in [2.24, 2.45) is 5.92 Å². The van der Waals surface area contributed by atoms with E-state index in [1.54, 1.807) is 18.8 Å². The Balaban J connectivity index is 1.59. The Labute approximate surface area is 157 Å². The molecule has 1 saturated heterocycles. The van der Waals surface area contributed by atoms with Crippen LogP contribution in [0, 0.1) is 5.92 Å². The average molecular weight is 387 g/mol. The number of nitrogens with zero attached hydrogens (tertiary/aromatic N) is 4. The molecule has 9 heteroatoms. The highest BCUT2D eigenvalue weighted by Gasteiger charge is 2.23. The fourth-order valence-electron chi connectivity index (χ4n) is 3.49. The highest BCUT2D eigenvalue weighted by Crippen LogP contribution is 2.30. The second-order valence-electron chi connectivity index (χ2n) is 6.84. The van der Waals surface area contributed by atoms with Crippen LogP contribution in [0.2, 0.25) is 0 Å². The van der Waals surface area contributed by atoms with Crippen LogP contribution in [0.5, 0.6) is 0 Å². The number of hydrogen-bond donors (Lipinski definition) is 1. The zero-order chi connectivity index (χ0) is 18.9. The summed E-state index contributed by atoms with van der Waals surface area (Å²) < 4.78 is 30.7. The average Bonchev–Trinajstić information content (AvgIpc) is 3.20. The number of fused-ring (bicyclic) bond motifs is 1. The standard InChI is InChI=1S/C18H21N5O3S/c1-27(24,25)22-10-13-3-2-7-23(11-13)17-15-5-4-14(18-19-6-8-26-18)9-16(15)20-12-21-17/h4-6,8-9,12-13,22H,2-3,7,10-11H2,1H3. The lowest BCUT2D eigenvalue weighted by atomic mass is 9.98. The predicted molar refractivity (Wildman–Crippen MR) is 103 cm³/mol. The molecule has 0 bridgehead atoms. The molecule has 3 aromatic rings. The first kappa shape index (κ1) is 17.9. The summed E-state index contributed by atoms with van der Waals surface area (Å²) in [6, 6.07) is 5.88. The number of oxazole rings is 1. The van der Waals surface area contributed by atoms with Crippen molar-refractivity contribution in [3.63, 3.8) is 0 Å². The molecule has 1 atom stereocenters. The third-order valence-electron chi connectivity index (χ3n) is 4.75. The van der Waals surface area contributed by atoms with E-state index in [-0.39, 0.29) is 5.92 Å². The van der Waals surface area contributed by atoms with Crippen LogP contribution in [0.25, 0.3) is 22.4 Å². The zero-order valence-corrected chi connectivity index (χ0v) is 15.8. The Morgan fingerprint density at radius 1 is 1.30 bits per heavy atom. The van der Waals surface area contributed by atoms with Crippen molar-refractivity contribution in [2.45, 2.75) is 12.8 Å². The molecule has 1 aliphatic heterocycles. The van der Waals surface area contributed by atoms with E-state index in [0.717, 1.165) is 48.2 Å². The summed E-state index contributed by atoms with van der Waals surface area (Å²) in [6.45, 7) is 2.10. The van der Waals surface area contributed by atoms with Gasteiger partial charge < -0.3 is 9.32 Å². The highest BCUT2D eigenvalue weighted by molar-refractivity contribution is 7.88. The van der Waals surface area contributed by atoms with E-state index in [9.17, 15) is 8.42 Å². The molecule has 1 aliphatic rings. The SMILES string of the molecule is CS(=O)(=O)NCC1CCCN(c2ncnc3cc(-c4ncco4)ccc23)C1. The van der Waals surface area contributed by atoms with Crippen LogP contribution in [0.15, 0.2) is 41.4 Å². The number of rotatable bonds is 5. The normalized spacial score (nSPS) is 18.1. The second kappa shape index (κ2) is 7.24. The van der Waals surface area contributed by atoms with E-state index < -0.39 is 10.0 Å². The topological polar surface area (TPSA) is 101 Å². The maximum Gasteiger partial charge on any atom is 0.225 e. The third-order valence-corrected chi connectivity index (χ3v) is 5.44. The van der Waals surface area contributed by atoms with Gasteiger partial charge in [0.05, 0.1) is 18.0 Å². The first-order valence-electron chi connectivity index (χ1n) is 8.84. The lowest BCUT2D eigenvalue weighted by Crippen LogP contribution is -2.41. The van der Waals surface area contributed by atoms with E-state index in [0.29, 0.717) is 12.4 Å². The number of benzene rings is 1. The molecule has 0 saturated carbocycles. The quantitative estimate of drug-likeness (QED) is 0.715. The minimum absolute atomic E-state index is 0.255. The molecular formula is C18H21N5O3S. The fourth-order valence-corrected chi connectivity index (χ4v) is 4.03. The summed E-state index contributed by atoms with van der Waals surface area (Å²) in [6.07, 6.45) is 7.91. The lowest BCUT2D eigenvalue weighted by Gasteiger charge is -2.34. The van der Waals surface area contributed by atoms with Gasteiger partial charge in [-0.25, -0.2) is 28.1 Å². The molecule has 0 aliphatic carbocycles. The van der Waals surface area contributed by atoms with Crippen LogP contribution in [0.4, 0.5) is 5.82 Å².